The third kappa shape index (κ3) is 2.71. The molecular formula is C21H24N4O. The molecule has 1 aliphatic carbocycles. The summed E-state index contributed by atoms with van der Waals surface area (Å²) in [7, 11) is 2.07. The van der Waals surface area contributed by atoms with E-state index in [1.807, 2.05) is 0 Å². The number of aryl methyl sites for hydroxylation is 3. The van der Waals surface area contributed by atoms with Crippen LogP contribution in [0.2, 0.25) is 0 Å². The molecule has 3 heterocycles. The first-order valence-electron chi connectivity index (χ1n) is 9.59. The van der Waals surface area contributed by atoms with Crippen molar-refractivity contribution in [1.29, 1.82) is 0 Å². The number of anilines is 1. The molecule has 0 amide bonds. The van der Waals surface area contributed by atoms with Crippen LogP contribution in [0.15, 0.2) is 36.5 Å². The van der Waals surface area contributed by atoms with E-state index < -0.39 is 0 Å². The van der Waals surface area contributed by atoms with Crippen LogP contribution in [0.1, 0.15) is 30.5 Å². The molecule has 0 bridgehead atoms. The average molecular weight is 348 g/mol. The van der Waals surface area contributed by atoms with Gasteiger partial charge in [0, 0.05) is 44.6 Å². The van der Waals surface area contributed by atoms with Crippen molar-refractivity contribution < 1.29 is 4.74 Å². The number of fused-ring (bicyclic) bond motifs is 2. The highest BCUT2D eigenvalue weighted by Crippen LogP contribution is 2.30. The van der Waals surface area contributed by atoms with Crippen molar-refractivity contribution in [2.75, 3.05) is 18.0 Å². The van der Waals surface area contributed by atoms with Gasteiger partial charge in [0.2, 0.25) is 0 Å². The lowest BCUT2D eigenvalue weighted by atomic mass is 10.1. The van der Waals surface area contributed by atoms with E-state index in [-0.39, 0.29) is 6.10 Å². The number of hydrogen-bond donors (Lipinski definition) is 0. The topological polar surface area (TPSA) is 43.2 Å². The largest absolute Gasteiger partial charge is 0.490 e. The Labute approximate surface area is 153 Å². The average Bonchev–Trinajstić information content (AvgIpc) is 3.29. The van der Waals surface area contributed by atoms with Crippen molar-refractivity contribution >= 4 is 16.7 Å². The van der Waals surface area contributed by atoms with Gasteiger partial charge in [-0.2, -0.15) is 5.10 Å². The molecule has 1 aliphatic heterocycles. The number of benzene rings is 1. The second-order valence-corrected chi connectivity index (χ2v) is 7.45. The van der Waals surface area contributed by atoms with Gasteiger partial charge in [0.15, 0.2) is 5.82 Å². The van der Waals surface area contributed by atoms with Gasteiger partial charge in [-0.3, -0.25) is 0 Å². The Bertz CT molecular complexity index is 940. The van der Waals surface area contributed by atoms with E-state index >= 15 is 0 Å². The molecule has 5 nitrogen and oxygen atoms in total. The van der Waals surface area contributed by atoms with Crippen LogP contribution in [-0.2, 0) is 19.9 Å². The SMILES string of the molecule is Cn1ccc2c(OC3CCN(c4cc5c(nn4)CCC5)CC3)cccc21. The van der Waals surface area contributed by atoms with Gasteiger partial charge in [0.05, 0.1) is 11.2 Å². The van der Waals surface area contributed by atoms with E-state index in [0.717, 1.165) is 50.3 Å². The van der Waals surface area contributed by atoms with E-state index in [9.17, 15) is 0 Å². The lowest BCUT2D eigenvalue weighted by molar-refractivity contribution is 0.173. The number of ether oxygens (including phenoxy) is 1. The zero-order chi connectivity index (χ0) is 17.5. The smallest absolute Gasteiger partial charge is 0.151 e. The molecule has 1 aromatic carbocycles. The van der Waals surface area contributed by atoms with Crippen LogP contribution in [0.5, 0.6) is 5.75 Å². The minimum atomic E-state index is 0.263. The summed E-state index contributed by atoms with van der Waals surface area (Å²) in [5.41, 5.74) is 3.81. The zero-order valence-corrected chi connectivity index (χ0v) is 15.2. The molecule has 0 saturated carbocycles. The molecule has 1 saturated heterocycles. The third-order valence-corrected chi connectivity index (χ3v) is 5.75. The summed E-state index contributed by atoms with van der Waals surface area (Å²) in [6.45, 7) is 1.95. The van der Waals surface area contributed by atoms with E-state index in [4.69, 9.17) is 4.74 Å². The minimum absolute atomic E-state index is 0.263. The molecule has 2 aromatic heterocycles. The Hall–Kier alpha value is -2.56. The molecule has 3 aromatic rings. The van der Waals surface area contributed by atoms with E-state index in [2.05, 4.69) is 63.2 Å². The van der Waals surface area contributed by atoms with E-state index in [1.54, 1.807) is 0 Å². The van der Waals surface area contributed by atoms with Gasteiger partial charge in [0.25, 0.3) is 0 Å². The van der Waals surface area contributed by atoms with Crippen molar-refractivity contribution in [3.63, 3.8) is 0 Å². The van der Waals surface area contributed by atoms with Crippen LogP contribution in [0.4, 0.5) is 5.82 Å². The fourth-order valence-corrected chi connectivity index (χ4v) is 4.23. The second-order valence-electron chi connectivity index (χ2n) is 7.45. The van der Waals surface area contributed by atoms with Crippen molar-refractivity contribution in [2.45, 2.75) is 38.2 Å². The summed E-state index contributed by atoms with van der Waals surface area (Å²) >= 11 is 0. The Morgan fingerprint density at radius 3 is 2.85 bits per heavy atom. The Morgan fingerprint density at radius 2 is 1.96 bits per heavy atom. The summed E-state index contributed by atoms with van der Waals surface area (Å²) in [6.07, 6.45) is 7.84. The molecule has 0 unspecified atom stereocenters. The number of hydrogen-bond acceptors (Lipinski definition) is 4. The predicted molar refractivity (Wildman–Crippen MR) is 103 cm³/mol. The first kappa shape index (κ1) is 15.7. The number of nitrogens with zero attached hydrogens (tertiary/aromatic N) is 4. The highest BCUT2D eigenvalue weighted by molar-refractivity contribution is 5.86. The van der Waals surface area contributed by atoms with Crippen molar-refractivity contribution in [3.8, 4) is 5.75 Å². The molecule has 26 heavy (non-hydrogen) atoms. The molecule has 134 valence electrons. The summed E-state index contributed by atoms with van der Waals surface area (Å²) in [5.74, 6) is 2.04. The summed E-state index contributed by atoms with van der Waals surface area (Å²) in [4.78, 5) is 2.36. The van der Waals surface area contributed by atoms with Gasteiger partial charge in [0.1, 0.15) is 11.9 Å². The second kappa shape index (κ2) is 6.31. The number of piperidine rings is 1. The lowest BCUT2D eigenvalue weighted by Crippen LogP contribution is -2.38. The molecule has 0 spiro atoms. The van der Waals surface area contributed by atoms with Crippen molar-refractivity contribution in [2.24, 2.45) is 7.05 Å². The molecule has 5 rings (SSSR count). The fourth-order valence-electron chi connectivity index (χ4n) is 4.23. The molecule has 0 radical (unpaired) electrons. The fraction of sp³-hybridized carbons (Fsp3) is 0.429. The first-order valence-corrected chi connectivity index (χ1v) is 9.59. The Kier molecular flexibility index (Phi) is 3.80. The standard InChI is InChI=1S/C21H24N4O/c1-24-11-10-17-19(24)6-3-7-20(17)26-16-8-12-25(13-9-16)21-14-15-4-2-5-18(15)22-23-21/h3,6-7,10-11,14,16H,2,4-5,8-9,12-13H2,1H3. The summed E-state index contributed by atoms with van der Waals surface area (Å²) < 4.78 is 8.50. The van der Waals surface area contributed by atoms with E-state index in [0.29, 0.717) is 0 Å². The quantitative estimate of drug-likeness (QED) is 0.726. The molecule has 2 aliphatic rings. The number of rotatable bonds is 3. The minimum Gasteiger partial charge on any atom is -0.490 e. The normalized spacial score (nSPS) is 17.7. The highest BCUT2D eigenvalue weighted by atomic mass is 16.5. The molecule has 0 N–H and O–H groups in total. The van der Waals surface area contributed by atoms with Crippen LogP contribution in [0.3, 0.4) is 0 Å². The van der Waals surface area contributed by atoms with Gasteiger partial charge in [-0.1, -0.05) is 6.07 Å². The van der Waals surface area contributed by atoms with Gasteiger partial charge in [-0.25, -0.2) is 0 Å². The summed E-state index contributed by atoms with van der Waals surface area (Å²) in [6, 6.07) is 10.7. The van der Waals surface area contributed by atoms with Gasteiger partial charge in [-0.05, 0) is 49.1 Å². The van der Waals surface area contributed by atoms with Gasteiger partial charge in [-0.15, -0.1) is 5.10 Å². The maximum atomic E-state index is 6.36. The number of aromatic nitrogens is 3. The van der Waals surface area contributed by atoms with E-state index in [1.165, 1.54) is 28.6 Å². The van der Waals surface area contributed by atoms with Crippen molar-refractivity contribution in [3.05, 3.63) is 47.8 Å². The maximum absolute atomic E-state index is 6.36. The van der Waals surface area contributed by atoms with Crippen molar-refractivity contribution in [1.82, 2.24) is 14.8 Å². The first-order chi connectivity index (χ1) is 12.8. The van der Waals surface area contributed by atoms with Gasteiger partial charge < -0.3 is 14.2 Å². The highest BCUT2D eigenvalue weighted by Gasteiger charge is 2.24. The molecular weight excluding hydrogens is 324 g/mol. The Morgan fingerprint density at radius 1 is 1.08 bits per heavy atom. The monoisotopic (exact) mass is 348 g/mol. The predicted octanol–water partition coefficient (Wildman–Crippen LogP) is 3.50. The van der Waals surface area contributed by atoms with Crippen LogP contribution >= 0.6 is 0 Å². The third-order valence-electron chi connectivity index (χ3n) is 5.75. The zero-order valence-electron chi connectivity index (χ0n) is 15.2. The summed E-state index contributed by atoms with van der Waals surface area (Å²) in [5, 5.41) is 10.1. The van der Waals surface area contributed by atoms with Crippen LogP contribution in [0.25, 0.3) is 10.9 Å². The molecule has 0 atom stereocenters. The Balaban J connectivity index is 1.27. The van der Waals surface area contributed by atoms with Crippen LogP contribution in [0, 0.1) is 0 Å². The van der Waals surface area contributed by atoms with Crippen LogP contribution < -0.4 is 9.64 Å². The lowest BCUT2D eigenvalue weighted by Gasteiger charge is -2.33. The van der Waals surface area contributed by atoms with Crippen LogP contribution in [-0.4, -0.2) is 34.0 Å². The maximum Gasteiger partial charge on any atom is 0.151 e. The molecule has 1 fully saturated rings. The molecule has 5 heteroatoms. The van der Waals surface area contributed by atoms with Gasteiger partial charge >= 0.3 is 0 Å².